The van der Waals surface area contributed by atoms with Gasteiger partial charge < -0.3 is 10.2 Å². The Morgan fingerprint density at radius 3 is 2.20 bits per heavy atom. The van der Waals surface area contributed by atoms with Crippen molar-refractivity contribution in [1.82, 2.24) is 10.2 Å². The lowest BCUT2D eigenvalue weighted by atomic mass is 10.1. The van der Waals surface area contributed by atoms with Crippen molar-refractivity contribution in [3.8, 4) is 0 Å². The molecule has 3 aromatic rings. The zero-order chi connectivity index (χ0) is 29.3. The highest BCUT2D eigenvalue weighted by atomic mass is 35.5. The van der Waals surface area contributed by atoms with E-state index in [-0.39, 0.29) is 17.3 Å². The first-order valence-corrected chi connectivity index (χ1v) is 15.4. The van der Waals surface area contributed by atoms with Crippen molar-refractivity contribution in [3.05, 3.63) is 94.5 Å². The van der Waals surface area contributed by atoms with Gasteiger partial charge >= 0.3 is 0 Å². The Balaban J connectivity index is 2.03. The molecule has 7 nitrogen and oxygen atoms in total. The van der Waals surface area contributed by atoms with Crippen molar-refractivity contribution < 1.29 is 18.0 Å². The van der Waals surface area contributed by atoms with Gasteiger partial charge in [-0.1, -0.05) is 79.4 Å². The van der Waals surface area contributed by atoms with Gasteiger partial charge in [0, 0.05) is 18.1 Å². The van der Waals surface area contributed by atoms with Gasteiger partial charge in [-0.2, -0.15) is 0 Å². The number of carbonyl (C=O) groups excluding carboxylic acids is 2. The number of rotatable bonds is 13. The van der Waals surface area contributed by atoms with E-state index < -0.39 is 28.5 Å². The monoisotopic (exact) mass is 583 g/mol. The van der Waals surface area contributed by atoms with Gasteiger partial charge in [0.15, 0.2) is 0 Å². The number of halogens is 1. The van der Waals surface area contributed by atoms with Crippen LogP contribution in [0.5, 0.6) is 0 Å². The number of unbranched alkanes of at least 4 members (excludes halogenated alkanes) is 1. The van der Waals surface area contributed by atoms with Gasteiger partial charge in [0.25, 0.3) is 10.0 Å². The van der Waals surface area contributed by atoms with E-state index in [0.29, 0.717) is 23.7 Å². The summed E-state index contributed by atoms with van der Waals surface area (Å²) in [4.78, 5) is 28.9. The van der Waals surface area contributed by atoms with Crippen LogP contribution in [0.2, 0.25) is 5.02 Å². The molecule has 0 aliphatic carbocycles. The zero-order valence-electron chi connectivity index (χ0n) is 23.6. The predicted octanol–water partition coefficient (Wildman–Crippen LogP) is 5.88. The third kappa shape index (κ3) is 8.08. The Morgan fingerprint density at radius 1 is 0.925 bits per heavy atom. The lowest BCUT2D eigenvalue weighted by Gasteiger charge is -2.33. The van der Waals surface area contributed by atoms with E-state index in [1.54, 1.807) is 36.4 Å². The van der Waals surface area contributed by atoms with Crippen LogP contribution in [0.15, 0.2) is 77.7 Å². The second-order valence-electron chi connectivity index (χ2n) is 9.88. The van der Waals surface area contributed by atoms with Crippen molar-refractivity contribution in [3.63, 3.8) is 0 Å². The van der Waals surface area contributed by atoms with Crippen LogP contribution in [-0.4, -0.2) is 44.3 Å². The molecule has 3 aromatic carbocycles. The summed E-state index contributed by atoms with van der Waals surface area (Å²) in [5.74, 6) is -0.735. The smallest absolute Gasteiger partial charge is 0.264 e. The molecule has 40 heavy (non-hydrogen) atoms. The highest BCUT2D eigenvalue weighted by Crippen LogP contribution is 2.26. The number of amides is 2. The minimum atomic E-state index is -4.12. The fourth-order valence-electron chi connectivity index (χ4n) is 4.41. The maximum atomic E-state index is 14.1. The van der Waals surface area contributed by atoms with Crippen molar-refractivity contribution in [2.75, 3.05) is 17.4 Å². The van der Waals surface area contributed by atoms with Gasteiger partial charge in [-0.05, 0) is 68.7 Å². The topological polar surface area (TPSA) is 86.8 Å². The molecule has 0 spiro atoms. The number of hydrogen-bond donors (Lipinski definition) is 1. The van der Waals surface area contributed by atoms with Crippen LogP contribution >= 0.6 is 11.6 Å². The second-order valence-corrected chi connectivity index (χ2v) is 12.2. The van der Waals surface area contributed by atoms with Crippen LogP contribution < -0.4 is 9.62 Å². The Hall–Kier alpha value is -3.36. The molecule has 0 unspecified atom stereocenters. The van der Waals surface area contributed by atoms with Crippen LogP contribution in [0.4, 0.5) is 5.69 Å². The van der Waals surface area contributed by atoms with E-state index in [9.17, 15) is 18.0 Å². The van der Waals surface area contributed by atoms with Gasteiger partial charge in [0.05, 0.1) is 10.6 Å². The fraction of sp³-hybridized carbons (Fsp3) is 0.355. The summed E-state index contributed by atoms with van der Waals surface area (Å²) in [7, 11) is -4.12. The number of sulfonamides is 1. The molecule has 0 aromatic heterocycles. The first-order valence-electron chi connectivity index (χ1n) is 13.5. The molecule has 0 saturated carbocycles. The largest absolute Gasteiger partial charge is 0.354 e. The number of hydrogen-bond acceptors (Lipinski definition) is 4. The standard InChI is InChI=1S/C31H38ClN3O4S/c1-5-7-19-33-31(37)29(6-2)34(21-25-10-8-9-24(4)20-25)30(36)22-35(27-15-13-26(32)14-16-27)40(38,39)28-17-11-23(3)12-18-28/h8-18,20,29H,5-7,19,21-22H2,1-4H3,(H,33,37)/t29-/m1/s1. The predicted molar refractivity (Wildman–Crippen MR) is 161 cm³/mol. The van der Waals surface area contributed by atoms with Crippen LogP contribution in [0.25, 0.3) is 0 Å². The van der Waals surface area contributed by atoms with E-state index in [2.05, 4.69) is 5.32 Å². The van der Waals surface area contributed by atoms with Crippen LogP contribution in [0, 0.1) is 13.8 Å². The van der Waals surface area contributed by atoms with Crippen molar-refractivity contribution in [2.24, 2.45) is 0 Å². The third-order valence-electron chi connectivity index (χ3n) is 6.65. The van der Waals surface area contributed by atoms with E-state index in [4.69, 9.17) is 11.6 Å². The number of anilines is 1. The molecule has 3 rings (SSSR count). The summed E-state index contributed by atoms with van der Waals surface area (Å²) in [6.07, 6.45) is 2.13. The fourth-order valence-corrected chi connectivity index (χ4v) is 5.95. The Morgan fingerprint density at radius 2 is 1.60 bits per heavy atom. The summed E-state index contributed by atoms with van der Waals surface area (Å²) in [5.41, 5.74) is 3.09. The van der Waals surface area contributed by atoms with Gasteiger partial charge in [0.2, 0.25) is 11.8 Å². The van der Waals surface area contributed by atoms with E-state index in [1.807, 2.05) is 52.0 Å². The van der Waals surface area contributed by atoms with Gasteiger partial charge in [-0.15, -0.1) is 0 Å². The number of nitrogens with zero attached hydrogens (tertiary/aromatic N) is 2. The Labute approximate surface area is 243 Å². The highest BCUT2D eigenvalue weighted by Gasteiger charge is 2.33. The van der Waals surface area contributed by atoms with Gasteiger partial charge in [0.1, 0.15) is 12.6 Å². The molecule has 0 heterocycles. The molecular weight excluding hydrogens is 546 g/mol. The maximum Gasteiger partial charge on any atom is 0.264 e. The third-order valence-corrected chi connectivity index (χ3v) is 8.69. The molecule has 0 radical (unpaired) electrons. The first kappa shape index (κ1) is 31.2. The lowest BCUT2D eigenvalue weighted by molar-refractivity contribution is -0.140. The average molecular weight is 584 g/mol. The van der Waals surface area contributed by atoms with Crippen molar-refractivity contribution in [2.45, 2.75) is 64.4 Å². The van der Waals surface area contributed by atoms with Crippen molar-refractivity contribution >= 4 is 39.1 Å². The molecule has 214 valence electrons. The number of nitrogens with one attached hydrogen (secondary N) is 1. The summed E-state index contributed by atoms with van der Waals surface area (Å²) in [6.45, 7) is 7.91. The summed E-state index contributed by atoms with van der Waals surface area (Å²) in [5, 5.41) is 3.38. The number of carbonyl (C=O) groups is 2. The molecule has 1 N–H and O–H groups in total. The van der Waals surface area contributed by atoms with Crippen LogP contribution in [0.1, 0.15) is 49.8 Å². The first-order chi connectivity index (χ1) is 19.1. The van der Waals surface area contributed by atoms with Crippen LogP contribution in [-0.2, 0) is 26.2 Å². The molecular formula is C31H38ClN3O4S. The molecule has 0 saturated heterocycles. The van der Waals surface area contributed by atoms with Gasteiger partial charge in [-0.3, -0.25) is 13.9 Å². The molecule has 1 atom stereocenters. The summed E-state index contributed by atoms with van der Waals surface area (Å²) in [6, 6.07) is 19.7. The van der Waals surface area contributed by atoms with Gasteiger partial charge in [-0.25, -0.2) is 8.42 Å². The maximum absolute atomic E-state index is 14.1. The van der Waals surface area contributed by atoms with E-state index in [1.165, 1.54) is 17.0 Å². The minimum absolute atomic E-state index is 0.0652. The minimum Gasteiger partial charge on any atom is -0.354 e. The molecule has 0 fully saturated rings. The normalized spacial score (nSPS) is 12.0. The van der Waals surface area contributed by atoms with Crippen LogP contribution in [0.3, 0.4) is 0 Å². The number of benzene rings is 3. The summed E-state index contributed by atoms with van der Waals surface area (Å²) >= 11 is 6.08. The quantitative estimate of drug-likeness (QED) is 0.255. The molecule has 0 aliphatic rings. The second kappa shape index (κ2) is 14.3. The average Bonchev–Trinajstić information content (AvgIpc) is 2.92. The lowest BCUT2D eigenvalue weighted by Crippen LogP contribution is -2.52. The van der Waals surface area contributed by atoms with Crippen molar-refractivity contribution in [1.29, 1.82) is 0 Å². The van der Waals surface area contributed by atoms with E-state index in [0.717, 1.165) is 33.8 Å². The Bertz CT molecular complexity index is 1390. The van der Waals surface area contributed by atoms with E-state index >= 15 is 0 Å². The Kier molecular flexibility index (Phi) is 11.2. The molecule has 9 heteroatoms. The highest BCUT2D eigenvalue weighted by molar-refractivity contribution is 7.92. The molecule has 0 bridgehead atoms. The zero-order valence-corrected chi connectivity index (χ0v) is 25.1. The number of aryl methyl sites for hydroxylation is 2. The molecule has 0 aliphatic heterocycles. The SMILES string of the molecule is CCCCNC(=O)[C@@H](CC)N(Cc1cccc(C)c1)C(=O)CN(c1ccc(Cl)cc1)S(=O)(=O)c1ccc(C)cc1. The molecule has 2 amide bonds. The summed E-state index contributed by atoms with van der Waals surface area (Å²) < 4.78 is 28.8.